The highest BCUT2D eigenvalue weighted by molar-refractivity contribution is 6.34. The van der Waals surface area contributed by atoms with Crippen LogP contribution < -0.4 is 0 Å². The Morgan fingerprint density at radius 1 is 1.21 bits per heavy atom. The summed E-state index contributed by atoms with van der Waals surface area (Å²) in [7, 11) is 1.36. The van der Waals surface area contributed by atoms with Gasteiger partial charge in [0.05, 0.1) is 23.4 Å². The first kappa shape index (κ1) is 14.0. The van der Waals surface area contributed by atoms with Gasteiger partial charge in [-0.1, -0.05) is 23.2 Å². The van der Waals surface area contributed by atoms with E-state index in [2.05, 4.69) is 0 Å². The van der Waals surface area contributed by atoms with Crippen molar-refractivity contribution in [2.45, 2.75) is 13.8 Å². The maximum absolute atomic E-state index is 11.7. The third-order valence-electron chi connectivity index (χ3n) is 2.99. The third-order valence-corrected chi connectivity index (χ3v) is 3.54. The number of benzene rings is 1. The smallest absolute Gasteiger partial charge is 0.339 e. The highest BCUT2D eigenvalue weighted by atomic mass is 35.5. The molecule has 0 spiro atoms. The van der Waals surface area contributed by atoms with E-state index in [9.17, 15) is 4.79 Å². The largest absolute Gasteiger partial charge is 0.465 e. The summed E-state index contributed by atoms with van der Waals surface area (Å²) in [5.74, 6) is -0.363. The highest BCUT2D eigenvalue weighted by Crippen LogP contribution is 2.29. The highest BCUT2D eigenvalue weighted by Gasteiger charge is 2.18. The maximum Gasteiger partial charge on any atom is 0.339 e. The van der Waals surface area contributed by atoms with Gasteiger partial charge in [-0.25, -0.2) is 4.79 Å². The molecule has 0 atom stereocenters. The van der Waals surface area contributed by atoms with Crippen LogP contribution in [0.5, 0.6) is 0 Å². The molecule has 0 aliphatic heterocycles. The molecular formula is C14H13Cl2NO2. The van der Waals surface area contributed by atoms with Crippen molar-refractivity contribution in [3.05, 3.63) is 51.3 Å². The fourth-order valence-corrected chi connectivity index (χ4v) is 2.48. The van der Waals surface area contributed by atoms with Gasteiger partial charge in [0.1, 0.15) is 0 Å². The van der Waals surface area contributed by atoms with Crippen LogP contribution in [0.4, 0.5) is 0 Å². The molecule has 2 aromatic rings. The molecule has 1 aromatic carbocycles. The zero-order valence-electron chi connectivity index (χ0n) is 10.8. The fraction of sp³-hybridized carbons (Fsp3) is 0.214. The first-order valence-corrected chi connectivity index (χ1v) is 6.44. The molecule has 2 rings (SSSR count). The number of aryl methyl sites for hydroxylation is 1. The molecule has 0 radical (unpaired) electrons. The van der Waals surface area contributed by atoms with Crippen LogP contribution in [-0.4, -0.2) is 17.6 Å². The normalized spacial score (nSPS) is 10.6. The van der Waals surface area contributed by atoms with E-state index >= 15 is 0 Å². The molecule has 0 unspecified atom stereocenters. The molecule has 1 heterocycles. The van der Waals surface area contributed by atoms with E-state index in [4.69, 9.17) is 27.9 Å². The molecule has 0 aliphatic carbocycles. The number of hydrogen-bond acceptors (Lipinski definition) is 2. The quantitative estimate of drug-likeness (QED) is 0.778. The lowest BCUT2D eigenvalue weighted by Crippen LogP contribution is -2.05. The number of esters is 1. The van der Waals surface area contributed by atoms with Gasteiger partial charge in [0, 0.05) is 16.4 Å². The second-order valence-electron chi connectivity index (χ2n) is 4.21. The second-order valence-corrected chi connectivity index (χ2v) is 5.05. The molecular weight excluding hydrogens is 285 g/mol. The predicted octanol–water partition coefficient (Wildman–Crippen LogP) is 4.19. The Balaban J connectivity index is 2.66. The van der Waals surface area contributed by atoms with E-state index in [1.165, 1.54) is 7.11 Å². The Labute approximate surface area is 121 Å². The van der Waals surface area contributed by atoms with Crippen LogP contribution in [0, 0.1) is 13.8 Å². The number of carbonyl (C=O) groups is 1. The van der Waals surface area contributed by atoms with E-state index in [0.717, 1.165) is 17.1 Å². The summed E-state index contributed by atoms with van der Waals surface area (Å²) in [6, 6.07) is 7.00. The molecule has 0 aliphatic rings. The summed E-state index contributed by atoms with van der Waals surface area (Å²) in [5.41, 5.74) is 2.94. The number of aromatic nitrogens is 1. The van der Waals surface area contributed by atoms with Crippen LogP contribution in [0.2, 0.25) is 10.0 Å². The first-order chi connectivity index (χ1) is 8.95. The van der Waals surface area contributed by atoms with Crippen molar-refractivity contribution in [2.24, 2.45) is 0 Å². The number of nitrogens with zero attached hydrogens (tertiary/aromatic N) is 1. The zero-order chi connectivity index (χ0) is 14.2. The summed E-state index contributed by atoms with van der Waals surface area (Å²) in [4.78, 5) is 11.7. The standard InChI is InChI=1S/C14H13Cl2NO2/c1-8-6-11(14(18)19-3)9(2)17(8)13-7-10(15)4-5-12(13)16/h4-7H,1-3H3. The SMILES string of the molecule is COC(=O)c1cc(C)n(-c2cc(Cl)ccc2Cl)c1C. The number of ether oxygens (including phenoxy) is 1. The van der Waals surface area contributed by atoms with Crippen molar-refractivity contribution in [1.82, 2.24) is 4.57 Å². The van der Waals surface area contributed by atoms with Crippen LogP contribution in [0.3, 0.4) is 0 Å². The van der Waals surface area contributed by atoms with Crippen molar-refractivity contribution in [3.8, 4) is 5.69 Å². The van der Waals surface area contributed by atoms with Crippen molar-refractivity contribution in [3.63, 3.8) is 0 Å². The average Bonchev–Trinajstić information content (AvgIpc) is 2.67. The maximum atomic E-state index is 11.7. The molecule has 100 valence electrons. The average molecular weight is 298 g/mol. The van der Waals surface area contributed by atoms with Crippen LogP contribution >= 0.6 is 23.2 Å². The minimum atomic E-state index is -0.363. The van der Waals surface area contributed by atoms with Gasteiger partial charge >= 0.3 is 5.97 Å². The predicted molar refractivity (Wildman–Crippen MR) is 76.6 cm³/mol. The summed E-state index contributed by atoms with van der Waals surface area (Å²) in [6.07, 6.45) is 0. The number of halogens is 2. The van der Waals surface area contributed by atoms with Gasteiger partial charge in [0.25, 0.3) is 0 Å². The van der Waals surface area contributed by atoms with E-state index in [0.29, 0.717) is 15.6 Å². The molecule has 1 aromatic heterocycles. The minimum absolute atomic E-state index is 0.363. The molecule has 0 fully saturated rings. The van der Waals surface area contributed by atoms with E-state index < -0.39 is 0 Å². The lowest BCUT2D eigenvalue weighted by molar-refractivity contribution is 0.0600. The Bertz CT molecular complexity index is 647. The second kappa shape index (κ2) is 5.27. The third kappa shape index (κ3) is 2.48. The van der Waals surface area contributed by atoms with Gasteiger partial charge < -0.3 is 9.30 Å². The van der Waals surface area contributed by atoms with Gasteiger partial charge in [0.15, 0.2) is 0 Å². The molecule has 0 N–H and O–H groups in total. The summed E-state index contributed by atoms with van der Waals surface area (Å²) in [6.45, 7) is 3.74. The van der Waals surface area contributed by atoms with Gasteiger partial charge in [-0.3, -0.25) is 0 Å². The summed E-state index contributed by atoms with van der Waals surface area (Å²) < 4.78 is 6.65. The number of carbonyl (C=O) groups excluding carboxylic acids is 1. The van der Waals surface area contributed by atoms with E-state index in [1.54, 1.807) is 24.3 Å². The lowest BCUT2D eigenvalue weighted by Gasteiger charge is -2.12. The van der Waals surface area contributed by atoms with E-state index in [-0.39, 0.29) is 5.97 Å². The Kier molecular flexibility index (Phi) is 3.88. The summed E-state index contributed by atoms with van der Waals surface area (Å²) in [5, 5.41) is 1.16. The van der Waals surface area contributed by atoms with Crippen molar-refractivity contribution in [2.75, 3.05) is 7.11 Å². The Hall–Kier alpha value is -1.45. The molecule has 0 saturated heterocycles. The zero-order valence-corrected chi connectivity index (χ0v) is 12.3. The van der Waals surface area contributed by atoms with Crippen LogP contribution in [0.15, 0.2) is 24.3 Å². The van der Waals surface area contributed by atoms with Crippen LogP contribution in [-0.2, 0) is 4.74 Å². The minimum Gasteiger partial charge on any atom is -0.465 e. The van der Waals surface area contributed by atoms with E-state index in [1.807, 2.05) is 18.4 Å². The Morgan fingerprint density at radius 3 is 2.53 bits per heavy atom. The van der Waals surface area contributed by atoms with Gasteiger partial charge in [-0.05, 0) is 38.1 Å². The monoisotopic (exact) mass is 297 g/mol. The van der Waals surface area contributed by atoms with Gasteiger partial charge in [0.2, 0.25) is 0 Å². The molecule has 0 saturated carbocycles. The van der Waals surface area contributed by atoms with Gasteiger partial charge in [-0.15, -0.1) is 0 Å². The number of methoxy groups -OCH3 is 1. The molecule has 0 bridgehead atoms. The molecule has 5 heteroatoms. The Morgan fingerprint density at radius 2 is 1.89 bits per heavy atom. The molecule has 0 amide bonds. The first-order valence-electron chi connectivity index (χ1n) is 5.68. The topological polar surface area (TPSA) is 31.2 Å². The van der Waals surface area contributed by atoms with Crippen LogP contribution in [0.25, 0.3) is 5.69 Å². The number of rotatable bonds is 2. The summed E-state index contributed by atoms with van der Waals surface area (Å²) >= 11 is 12.2. The fourth-order valence-electron chi connectivity index (χ4n) is 2.11. The van der Waals surface area contributed by atoms with Crippen molar-refractivity contribution < 1.29 is 9.53 Å². The van der Waals surface area contributed by atoms with Crippen LogP contribution in [0.1, 0.15) is 21.7 Å². The van der Waals surface area contributed by atoms with Crippen molar-refractivity contribution >= 4 is 29.2 Å². The molecule has 19 heavy (non-hydrogen) atoms. The van der Waals surface area contributed by atoms with Gasteiger partial charge in [-0.2, -0.15) is 0 Å². The lowest BCUT2D eigenvalue weighted by atomic mass is 10.2. The van der Waals surface area contributed by atoms with Crippen molar-refractivity contribution in [1.29, 1.82) is 0 Å². The number of hydrogen-bond donors (Lipinski definition) is 0. The molecule has 3 nitrogen and oxygen atoms in total.